The fourth-order valence-electron chi connectivity index (χ4n) is 2.23. The lowest BCUT2D eigenvalue weighted by Gasteiger charge is -2.02. The number of nitrogens with zero attached hydrogens (tertiary/aromatic N) is 3. The Hall–Kier alpha value is -2.20. The summed E-state index contributed by atoms with van der Waals surface area (Å²) in [6, 6.07) is 12.4. The number of aryl methyl sites for hydroxylation is 1. The number of imidazole rings is 1. The molecule has 102 valence electrons. The molecule has 0 radical (unpaired) electrons. The zero-order chi connectivity index (χ0) is 13.9. The highest BCUT2D eigenvalue weighted by Gasteiger charge is 2.05. The Balaban J connectivity index is 1.98. The van der Waals surface area contributed by atoms with Crippen LogP contribution in [0, 0.1) is 0 Å². The first-order chi connectivity index (χ1) is 9.80. The highest BCUT2D eigenvalue weighted by atomic mass is 16.3. The van der Waals surface area contributed by atoms with Crippen molar-refractivity contribution < 1.29 is 5.11 Å². The van der Waals surface area contributed by atoms with Gasteiger partial charge in [0, 0.05) is 18.6 Å². The first kappa shape index (κ1) is 12.8. The lowest BCUT2D eigenvalue weighted by Crippen LogP contribution is -1.93. The normalized spacial score (nSPS) is 11.1. The summed E-state index contributed by atoms with van der Waals surface area (Å²) in [5.41, 5.74) is 5.01. The minimum absolute atomic E-state index is 0.106. The van der Waals surface area contributed by atoms with E-state index in [9.17, 15) is 0 Å². The Labute approximate surface area is 117 Å². The van der Waals surface area contributed by atoms with Crippen molar-refractivity contribution >= 4 is 5.65 Å². The molecule has 4 nitrogen and oxygen atoms in total. The number of rotatable bonds is 4. The molecule has 2 heterocycles. The maximum Gasteiger partial charge on any atom is 0.153 e. The van der Waals surface area contributed by atoms with E-state index in [1.165, 1.54) is 5.56 Å². The van der Waals surface area contributed by atoms with Crippen LogP contribution >= 0.6 is 0 Å². The van der Waals surface area contributed by atoms with Crippen LogP contribution in [0.1, 0.15) is 18.2 Å². The van der Waals surface area contributed by atoms with E-state index in [4.69, 9.17) is 5.11 Å². The first-order valence-corrected chi connectivity index (χ1v) is 6.85. The number of aromatic nitrogens is 3. The van der Waals surface area contributed by atoms with Crippen LogP contribution in [0.3, 0.4) is 0 Å². The third-order valence-corrected chi connectivity index (χ3v) is 3.40. The van der Waals surface area contributed by atoms with E-state index in [0.29, 0.717) is 6.42 Å². The van der Waals surface area contributed by atoms with Crippen LogP contribution in [0.5, 0.6) is 0 Å². The van der Waals surface area contributed by atoms with Crippen molar-refractivity contribution in [3.05, 3.63) is 53.9 Å². The van der Waals surface area contributed by atoms with E-state index in [-0.39, 0.29) is 6.61 Å². The van der Waals surface area contributed by atoms with Gasteiger partial charge in [-0.3, -0.25) is 0 Å². The van der Waals surface area contributed by atoms with Crippen LogP contribution in [0.15, 0.2) is 42.6 Å². The van der Waals surface area contributed by atoms with E-state index < -0.39 is 0 Å². The summed E-state index contributed by atoms with van der Waals surface area (Å²) < 4.78 is 1.77. The molecule has 3 aromatic rings. The van der Waals surface area contributed by atoms with Crippen LogP contribution in [-0.2, 0) is 12.8 Å². The van der Waals surface area contributed by atoms with Crippen LogP contribution in [0.25, 0.3) is 16.9 Å². The topological polar surface area (TPSA) is 50.4 Å². The number of aliphatic hydroxyl groups excluding tert-OH is 1. The van der Waals surface area contributed by atoms with Crippen molar-refractivity contribution in [3.8, 4) is 11.3 Å². The van der Waals surface area contributed by atoms with Gasteiger partial charge < -0.3 is 5.11 Å². The van der Waals surface area contributed by atoms with Crippen molar-refractivity contribution in [2.45, 2.75) is 19.8 Å². The number of aliphatic hydroxyl groups is 1. The number of hydrogen-bond acceptors (Lipinski definition) is 3. The lowest BCUT2D eigenvalue weighted by atomic mass is 10.1. The average molecular weight is 267 g/mol. The van der Waals surface area contributed by atoms with E-state index in [1.807, 2.05) is 18.3 Å². The maximum absolute atomic E-state index is 8.96. The van der Waals surface area contributed by atoms with Gasteiger partial charge in [-0.05, 0) is 24.1 Å². The smallest absolute Gasteiger partial charge is 0.153 e. The van der Waals surface area contributed by atoms with Crippen LogP contribution in [0.4, 0.5) is 0 Å². The zero-order valence-electron chi connectivity index (χ0n) is 11.5. The Morgan fingerprint density at radius 3 is 2.60 bits per heavy atom. The second-order valence-electron chi connectivity index (χ2n) is 4.78. The molecule has 0 aliphatic rings. The molecule has 1 N–H and O–H groups in total. The monoisotopic (exact) mass is 267 g/mol. The Bertz CT molecular complexity index is 716. The molecular weight excluding hydrogens is 250 g/mol. The predicted molar refractivity (Wildman–Crippen MR) is 78.6 cm³/mol. The number of fused-ring (bicyclic) bond motifs is 1. The molecule has 2 aromatic heterocycles. The molecule has 0 atom stereocenters. The van der Waals surface area contributed by atoms with Crippen LogP contribution in [0.2, 0.25) is 0 Å². The van der Waals surface area contributed by atoms with E-state index in [2.05, 4.69) is 41.3 Å². The van der Waals surface area contributed by atoms with Crippen molar-refractivity contribution in [2.75, 3.05) is 6.61 Å². The third kappa shape index (κ3) is 2.42. The Kier molecular flexibility index (Phi) is 3.48. The molecule has 0 saturated heterocycles. The number of benzene rings is 1. The molecule has 0 aliphatic heterocycles. The van der Waals surface area contributed by atoms with E-state index in [0.717, 1.165) is 29.0 Å². The van der Waals surface area contributed by atoms with Gasteiger partial charge in [0.15, 0.2) is 5.65 Å². The fourth-order valence-corrected chi connectivity index (χ4v) is 2.23. The van der Waals surface area contributed by atoms with Crippen molar-refractivity contribution in [1.82, 2.24) is 14.6 Å². The summed E-state index contributed by atoms with van der Waals surface area (Å²) in [4.78, 5) is 4.41. The van der Waals surface area contributed by atoms with Gasteiger partial charge in [0.1, 0.15) is 0 Å². The highest BCUT2D eigenvalue weighted by Crippen LogP contribution is 2.18. The number of hydrogen-bond donors (Lipinski definition) is 1. The van der Waals surface area contributed by atoms with Crippen molar-refractivity contribution in [3.63, 3.8) is 0 Å². The molecule has 4 heteroatoms. The van der Waals surface area contributed by atoms with Crippen molar-refractivity contribution in [1.29, 1.82) is 0 Å². The molecule has 0 saturated carbocycles. The van der Waals surface area contributed by atoms with Gasteiger partial charge >= 0.3 is 0 Å². The highest BCUT2D eigenvalue weighted by molar-refractivity contribution is 5.60. The quantitative estimate of drug-likeness (QED) is 0.790. The van der Waals surface area contributed by atoms with Crippen molar-refractivity contribution in [2.24, 2.45) is 0 Å². The average Bonchev–Trinajstić information content (AvgIpc) is 2.89. The third-order valence-electron chi connectivity index (χ3n) is 3.40. The van der Waals surface area contributed by atoms with Gasteiger partial charge in [-0.15, -0.1) is 0 Å². The van der Waals surface area contributed by atoms with Gasteiger partial charge in [0.25, 0.3) is 0 Å². The second kappa shape index (κ2) is 5.43. The molecule has 0 amide bonds. The summed E-state index contributed by atoms with van der Waals surface area (Å²) in [6.45, 7) is 2.25. The molecule has 0 fully saturated rings. The van der Waals surface area contributed by atoms with E-state index in [1.54, 1.807) is 4.52 Å². The van der Waals surface area contributed by atoms with Gasteiger partial charge in [0.05, 0.1) is 17.6 Å². The minimum Gasteiger partial charge on any atom is -0.396 e. The summed E-state index contributed by atoms with van der Waals surface area (Å²) in [5.74, 6) is 0. The largest absolute Gasteiger partial charge is 0.396 e. The van der Waals surface area contributed by atoms with Gasteiger partial charge in [-0.1, -0.05) is 31.2 Å². The standard InChI is InChI=1S/C16H17N3O/c1-2-12-3-5-13(6-4-12)15-7-8-16-17-14(9-10-20)11-19(16)18-15/h3-8,11,20H,2,9-10H2,1H3. The SMILES string of the molecule is CCc1ccc(-c2ccc3nc(CCO)cn3n2)cc1. The molecule has 0 bridgehead atoms. The predicted octanol–water partition coefficient (Wildman–Crippen LogP) is 2.49. The van der Waals surface area contributed by atoms with Crippen LogP contribution < -0.4 is 0 Å². The molecule has 0 unspecified atom stereocenters. The Morgan fingerprint density at radius 1 is 1.10 bits per heavy atom. The summed E-state index contributed by atoms with van der Waals surface area (Å²) in [7, 11) is 0. The second-order valence-corrected chi connectivity index (χ2v) is 4.78. The lowest BCUT2D eigenvalue weighted by molar-refractivity contribution is 0.298. The van der Waals surface area contributed by atoms with Crippen LogP contribution in [-0.4, -0.2) is 26.3 Å². The summed E-state index contributed by atoms with van der Waals surface area (Å²) in [6.07, 6.45) is 3.47. The van der Waals surface area contributed by atoms with Gasteiger partial charge in [-0.2, -0.15) is 5.10 Å². The minimum atomic E-state index is 0.106. The van der Waals surface area contributed by atoms with Gasteiger partial charge in [-0.25, -0.2) is 9.50 Å². The Morgan fingerprint density at radius 2 is 1.90 bits per heavy atom. The fraction of sp³-hybridized carbons (Fsp3) is 0.250. The first-order valence-electron chi connectivity index (χ1n) is 6.85. The summed E-state index contributed by atoms with van der Waals surface area (Å²) in [5, 5.41) is 13.5. The zero-order valence-corrected chi connectivity index (χ0v) is 11.5. The molecule has 1 aromatic carbocycles. The molecular formula is C16H17N3O. The van der Waals surface area contributed by atoms with Gasteiger partial charge in [0.2, 0.25) is 0 Å². The van der Waals surface area contributed by atoms with E-state index >= 15 is 0 Å². The molecule has 3 rings (SSSR count). The molecule has 20 heavy (non-hydrogen) atoms. The maximum atomic E-state index is 8.96. The molecule has 0 aliphatic carbocycles. The molecule has 0 spiro atoms. The summed E-state index contributed by atoms with van der Waals surface area (Å²) >= 11 is 0.